The lowest BCUT2D eigenvalue weighted by molar-refractivity contribution is -0.123. The summed E-state index contributed by atoms with van der Waals surface area (Å²) in [5, 5.41) is 0. The van der Waals surface area contributed by atoms with Crippen molar-refractivity contribution in [2.75, 3.05) is 6.61 Å². The van der Waals surface area contributed by atoms with Crippen molar-refractivity contribution in [3.05, 3.63) is 0 Å². The highest BCUT2D eigenvalue weighted by Gasteiger charge is 2.19. The first-order valence-electron chi connectivity index (χ1n) is 5.85. The van der Waals surface area contributed by atoms with Gasteiger partial charge in [0.1, 0.15) is 5.78 Å². The third-order valence-corrected chi connectivity index (χ3v) is 2.89. The van der Waals surface area contributed by atoms with Crippen LogP contribution in [0.3, 0.4) is 0 Å². The second-order valence-electron chi connectivity index (χ2n) is 4.47. The molecule has 0 heterocycles. The van der Waals surface area contributed by atoms with Crippen molar-refractivity contribution >= 4 is 5.78 Å². The fourth-order valence-electron chi connectivity index (χ4n) is 1.96. The Bertz CT molecular complexity index is 167. The molecule has 0 aliphatic heterocycles. The third kappa shape index (κ3) is 4.23. The van der Waals surface area contributed by atoms with Crippen molar-refractivity contribution in [2.24, 2.45) is 5.92 Å². The maximum absolute atomic E-state index is 11.0. The van der Waals surface area contributed by atoms with E-state index < -0.39 is 0 Å². The Labute approximate surface area is 87.0 Å². The van der Waals surface area contributed by atoms with Gasteiger partial charge in [-0.1, -0.05) is 20.3 Å². The summed E-state index contributed by atoms with van der Waals surface area (Å²) < 4.78 is 5.79. The second kappa shape index (κ2) is 6.18. The zero-order valence-electron chi connectivity index (χ0n) is 9.42. The highest BCUT2D eigenvalue weighted by molar-refractivity contribution is 5.79. The quantitative estimate of drug-likeness (QED) is 0.679. The average Bonchev–Trinajstić information content (AvgIpc) is 2.17. The average molecular weight is 198 g/mol. The van der Waals surface area contributed by atoms with E-state index >= 15 is 0 Å². The van der Waals surface area contributed by atoms with Crippen molar-refractivity contribution in [1.82, 2.24) is 0 Å². The fraction of sp³-hybridized carbons (Fsp3) is 0.917. The number of carbonyl (C=O) groups excluding carboxylic acids is 1. The third-order valence-electron chi connectivity index (χ3n) is 2.89. The molecule has 2 nitrogen and oxygen atoms in total. The molecule has 1 unspecified atom stereocenters. The lowest BCUT2D eigenvalue weighted by Gasteiger charge is -2.23. The standard InChI is InChI=1S/C12H22O2/c1-3-4-10(2)9-14-12-7-5-11(13)6-8-12/h10,12H,3-9H2,1-2H3. The molecule has 0 aromatic rings. The Morgan fingerprint density at radius 1 is 1.43 bits per heavy atom. The predicted molar refractivity (Wildman–Crippen MR) is 57.3 cm³/mol. The van der Waals surface area contributed by atoms with E-state index in [2.05, 4.69) is 13.8 Å². The second-order valence-corrected chi connectivity index (χ2v) is 4.47. The lowest BCUT2D eigenvalue weighted by atomic mass is 9.96. The molecule has 82 valence electrons. The van der Waals surface area contributed by atoms with Crippen LogP contribution in [0.2, 0.25) is 0 Å². The number of ether oxygens (including phenoxy) is 1. The van der Waals surface area contributed by atoms with Gasteiger partial charge in [-0.2, -0.15) is 0 Å². The van der Waals surface area contributed by atoms with Gasteiger partial charge in [-0.15, -0.1) is 0 Å². The van der Waals surface area contributed by atoms with E-state index in [9.17, 15) is 4.79 Å². The number of ketones is 1. The van der Waals surface area contributed by atoms with Crippen molar-refractivity contribution in [2.45, 2.75) is 58.5 Å². The minimum atomic E-state index is 0.354. The van der Waals surface area contributed by atoms with Crippen LogP contribution in [0.1, 0.15) is 52.4 Å². The Balaban J connectivity index is 2.09. The van der Waals surface area contributed by atoms with E-state index in [1.165, 1.54) is 12.8 Å². The van der Waals surface area contributed by atoms with Crippen molar-refractivity contribution in [1.29, 1.82) is 0 Å². The van der Waals surface area contributed by atoms with Crippen molar-refractivity contribution in [3.63, 3.8) is 0 Å². The van der Waals surface area contributed by atoms with Gasteiger partial charge in [0.05, 0.1) is 6.10 Å². The maximum Gasteiger partial charge on any atom is 0.133 e. The highest BCUT2D eigenvalue weighted by Crippen LogP contribution is 2.19. The number of hydrogen-bond donors (Lipinski definition) is 0. The Hall–Kier alpha value is -0.370. The molecule has 0 radical (unpaired) electrons. The van der Waals surface area contributed by atoms with Crippen molar-refractivity contribution < 1.29 is 9.53 Å². The predicted octanol–water partition coefficient (Wildman–Crippen LogP) is 2.95. The van der Waals surface area contributed by atoms with Gasteiger partial charge in [0.2, 0.25) is 0 Å². The summed E-state index contributed by atoms with van der Waals surface area (Å²) in [6, 6.07) is 0. The number of carbonyl (C=O) groups is 1. The molecule has 2 heteroatoms. The van der Waals surface area contributed by atoms with Crippen molar-refractivity contribution in [3.8, 4) is 0 Å². The molecule has 1 aliphatic rings. The van der Waals surface area contributed by atoms with Crippen LogP contribution in [-0.4, -0.2) is 18.5 Å². The van der Waals surface area contributed by atoms with E-state index in [0.717, 1.165) is 32.3 Å². The summed E-state index contributed by atoms with van der Waals surface area (Å²) in [6.45, 7) is 5.31. The first kappa shape index (κ1) is 11.7. The molecule has 1 atom stereocenters. The molecule has 0 N–H and O–H groups in total. The van der Waals surface area contributed by atoms with Gasteiger partial charge in [0, 0.05) is 19.4 Å². The molecular formula is C12H22O2. The number of hydrogen-bond acceptors (Lipinski definition) is 2. The minimum absolute atomic E-state index is 0.354. The van der Waals surface area contributed by atoms with Crippen LogP contribution in [-0.2, 0) is 9.53 Å². The molecule has 0 aromatic carbocycles. The fourth-order valence-corrected chi connectivity index (χ4v) is 1.96. The van der Waals surface area contributed by atoms with Crippen LogP contribution in [0.4, 0.5) is 0 Å². The van der Waals surface area contributed by atoms with Gasteiger partial charge in [-0.25, -0.2) is 0 Å². The van der Waals surface area contributed by atoms with E-state index in [0.29, 0.717) is 17.8 Å². The SMILES string of the molecule is CCCC(C)COC1CCC(=O)CC1. The van der Waals surface area contributed by atoms with Crippen LogP contribution in [0, 0.1) is 5.92 Å². The summed E-state index contributed by atoms with van der Waals surface area (Å²) in [4.78, 5) is 11.0. The van der Waals surface area contributed by atoms with E-state index in [1.807, 2.05) is 0 Å². The molecule has 0 amide bonds. The van der Waals surface area contributed by atoms with Gasteiger partial charge in [-0.3, -0.25) is 4.79 Å². The van der Waals surface area contributed by atoms with Crippen LogP contribution in [0.25, 0.3) is 0 Å². The molecule has 1 aliphatic carbocycles. The lowest BCUT2D eigenvalue weighted by Crippen LogP contribution is -2.23. The zero-order chi connectivity index (χ0) is 10.4. The minimum Gasteiger partial charge on any atom is -0.378 e. The largest absolute Gasteiger partial charge is 0.378 e. The van der Waals surface area contributed by atoms with E-state index in [1.54, 1.807) is 0 Å². The van der Waals surface area contributed by atoms with E-state index in [4.69, 9.17) is 4.74 Å². The molecule has 1 fully saturated rings. The van der Waals surface area contributed by atoms with Crippen LogP contribution in [0.15, 0.2) is 0 Å². The monoisotopic (exact) mass is 198 g/mol. The normalized spacial score (nSPS) is 21.1. The molecular weight excluding hydrogens is 176 g/mol. The van der Waals surface area contributed by atoms with Crippen LogP contribution >= 0.6 is 0 Å². The molecule has 0 bridgehead atoms. The zero-order valence-corrected chi connectivity index (χ0v) is 9.42. The molecule has 1 saturated carbocycles. The number of Topliss-reactive ketones (excluding diaryl/α,β-unsaturated/α-hetero) is 1. The Morgan fingerprint density at radius 3 is 2.64 bits per heavy atom. The summed E-state index contributed by atoms with van der Waals surface area (Å²) in [5.41, 5.74) is 0. The Morgan fingerprint density at radius 2 is 2.07 bits per heavy atom. The van der Waals surface area contributed by atoms with Gasteiger partial charge < -0.3 is 4.74 Å². The topological polar surface area (TPSA) is 26.3 Å². The van der Waals surface area contributed by atoms with Gasteiger partial charge in [0.25, 0.3) is 0 Å². The summed E-state index contributed by atoms with van der Waals surface area (Å²) in [6.07, 6.45) is 6.17. The molecule has 1 rings (SSSR count). The van der Waals surface area contributed by atoms with Gasteiger partial charge in [-0.05, 0) is 25.2 Å². The maximum atomic E-state index is 11.0. The summed E-state index contributed by atoms with van der Waals surface area (Å²) in [5.74, 6) is 1.07. The van der Waals surface area contributed by atoms with Gasteiger partial charge >= 0.3 is 0 Å². The molecule has 0 spiro atoms. The molecule has 0 saturated heterocycles. The highest BCUT2D eigenvalue weighted by atomic mass is 16.5. The first-order chi connectivity index (χ1) is 6.72. The van der Waals surface area contributed by atoms with E-state index in [-0.39, 0.29) is 0 Å². The Kier molecular flexibility index (Phi) is 5.16. The summed E-state index contributed by atoms with van der Waals surface area (Å²) in [7, 11) is 0. The molecule has 0 aromatic heterocycles. The summed E-state index contributed by atoms with van der Waals surface area (Å²) >= 11 is 0. The number of rotatable bonds is 5. The first-order valence-corrected chi connectivity index (χ1v) is 5.85. The van der Waals surface area contributed by atoms with Crippen LogP contribution < -0.4 is 0 Å². The van der Waals surface area contributed by atoms with Gasteiger partial charge in [0.15, 0.2) is 0 Å². The smallest absolute Gasteiger partial charge is 0.133 e. The van der Waals surface area contributed by atoms with Crippen LogP contribution in [0.5, 0.6) is 0 Å². The molecule has 14 heavy (non-hydrogen) atoms.